The van der Waals surface area contributed by atoms with Crippen LogP contribution in [0.25, 0.3) is 23.2 Å². The molecule has 1 aliphatic rings. The van der Waals surface area contributed by atoms with Gasteiger partial charge in [-0.3, -0.25) is 0 Å². The van der Waals surface area contributed by atoms with Crippen LogP contribution in [0.2, 0.25) is 0 Å². The molecule has 0 saturated heterocycles. The molecule has 0 bridgehead atoms. The zero-order valence-electron chi connectivity index (χ0n) is 16.6. The Morgan fingerprint density at radius 3 is 2.24 bits per heavy atom. The molecule has 1 unspecified atom stereocenters. The fourth-order valence-electron chi connectivity index (χ4n) is 3.98. The van der Waals surface area contributed by atoms with Crippen molar-refractivity contribution in [2.75, 3.05) is 0 Å². The lowest BCUT2D eigenvalue weighted by atomic mass is 10.0. The lowest BCUT2D eigenvalue weighted by molar-refractivity contribution is -0.694. The first-order valence-electron chi connectivity index (χ1n) is 9.32. The normalized spacial score (nSPS) is 19.2. The van der Waals surface area contributed by atoms with Crippen LogP contribution in [0.1, 0.15) is 42.4 Å². The summed E-state index contributed by atoms with van der Waals surface area (Å²) in [4.78, 5) is 0. The van der Waals surface area contributed by atoms with Crippen LogP contribution in [0.5, 0.6) is 0 Å². The van der Waals surface area contributed by atoms with Crippen molar-refractivity contribution >= 4 is 6.08 Å². The van der Waals surface area contributed by atoms with Crippen molar-refractivity contribution in [1.29, 1.82) is 0 Å². The Kier molecular flexibility index (Phi) is 3.37. The van der Waals surface area contributed by atoms with Gasteiger partial charge in [-0.25, -0.2) is 4.57 Å². The van der Waals surface area contributed by atoms with Gasteiger partial charge in [0.1, 0.15) is 11.7 Å². The molecule has 2 heteroatoms. The van der Waals surface area contributed by atoms with Crippen LogP contribution in [-0.2, 0) is 0 Å². The van der Waals surface area contributed by atoms with E-state index in [0.717, 1.165) is 11.5 Å². The number of imidazole rings is 1. The summed E-state index contributed by atoms with van der Waals surface area (Å²) >= 11 is 0. The molecule has 0 N–H and O–H groups in total. The third-order valence-corrected chi connectivity index (χ3v) is 5.27. The number of hydrogen-bond donors (Lipinski definition) is 0. The zero-order chi connectivity index (χ0) is 18.6. The van der Waals surface area contributed by atoms with Gasteiger partial charge in [0.15, 0.2) is 11.4 Å². The summed E-state index contributed by atoms with van der Waals surface area (Å²) in [6.07, 6.45) is 4.07. The quantitative estimate of drug-likeness (QED) is 0.567. The minimum Gasteiger partial charge on any atom is -0.217 e. The summed E-state index contributed by atoms with van der Waals surface area (Å²) in [6.45, 7) is 10.6. The van der Waals surface area contributed by atoms with E-state index in [-0.39, 0.29) is 0 Å². The highest BCUT2D eigenvalue weighted by atomic mass is 15.2. The van der Waals surface area contributed by atoms with Crippen molar-refractivity contribution in [3.63, 3.8) is 0 Å². The number of hydrogen-bond acceptors (Lipinski definition) is 0. The predicted octanol–water partition coefficient (Wildman–Crippen LogP) is 5.25. The van der Waals surface area contributed by atoms with Gasteiger partial charge in [0.25, 0.3) is 5.82 Å². The van der Waals surface area contributed by atoms with E-state index in [4.69, 9.17) is 1.37 Å². The number of aryl methyl sites for hydroxylation is 3. The molecule has 0 spiro atoms. The molecular weight excluding hydrogens is 304 g/mol. The van der Waals surface area contributed by atoms with Crippen LogP contribution >= 0.6 is 0 Å². The molecule has 0 aliphatic carbocycles. The largest absolute Gasteiger partial charge is 0.295 e. The molecule has 4 rings (SSSR count). The molecule has 2 aromatic carbocycles. The Balaban J connectivity index is 2.18. The zero-order valence-corrected chi connectivity index (χ0v) is 15.6. The van der Waals surface area contributed by atoms with Gasteiger partial charge in [0, 0.05) is 6.92 Å². The van der Waals surface area contributed by atoms with Gasteiger partial charge in [-0.15, -0.1) is 0 Å². The first-order chi connectivity index (χ1) is 12.3. The third-order valence-electron chi connectivity index (χ3n) is 5.27. The number of fused-ring (bicyclic) bond motifs is 1. The summed E-state index contributed by atoms with van der Waals surface area (Å²) in [6, 6.07) is 14.1. The van der Waals surface area contributed by atoms with Crippen LogP contribution in [0.3, 0.4) is 0 Å². The molecular formula is C23H25N2+. The molecule has 0 saturated carbocycles. The lowest BCUT2D eigenvalue weighted by Crippen LogP contribution is -2.38. The van der Waals surface area contributed by atoms with Crippen LogP contribution in [0, 0.1) is 27.7 Å². The maximum atomic E-state index is 8.89. The number of allylic oxidation sites excluding steroid dienone is 1. The van der Waals surface area contributed by atoms with Gasteiger partial charge in [0.2, 0.25) is 0 Å². The second kappa shape index (κ2) is 5.73. The van der Waals surface area contributed by atoms with Gasteiger partial charge in [-0.05, 0) is 62.6 Å². The highest BCUT2D eigenvalue weighted by molar-refractivity contribution is 5.68. The van der Waals surface area contributed by atoms with E-state index in [1.54, 1.807) is 0 Å². The van der Waals surface area contributed by atoms with Crippen molar-refractivity contribution in [1.82, 2.24) is 4.57 Å². The molecule has 0 amide bonds. The average Bonchev–Trinajstić information content (AvgIpc) is 3.04. The molecule has 2 nitrogen and oxygen atoms in total. The molecule has 3 aromatic rings. The summed E-state index contributed by atoms with van der Waals surface area (Å²) in [5.74, 6) is 1.09. The predicted molar refractivity (Wildman–Crippen MR) is 104 cm³/mol. The smallest absolute Gasteiger partial charge is 0.217 e. The maximum absolute atomic E-state index is 8.89. The van der Waals surface area contributed by atoms with Crippen molar-refractivity contribution < 1.29 is 5.94 Å². The molecule has 25 heavy (non-hydrogen) atoms. The Morgan fingerprint density at radius 1 is 0.920 bits per heavy atom. The van der Waals surface area contributed by atoms with Crippen LogP contribution < -0.4 is 4.57 Å². The summed E-state index contributed by atoms with van der Waals surface area (Å²) in [7, 11) is 0. The van der Waals surface area contributed by atoms with Crippen molar-refractivity contribution in [2.24, 2.45) is 0 Å². The van der Waals surface area contributed by atoms with Gasteiger partial charge in [-0.2, -0.15) is 4.57 Å². The van der Waals surface area contributed by atoms with E-state index >= 15 is 0 Å². The van der Waals surface area contributed by atoms with Crippen molar-refractivity contribution in [3.8, 4) is 17.1 Å². The van der Waals surface area contributed by atoms with Crippen LogP contribution in [-0.4, -0.2) is 4.57 Å². The number of benzene rings is 2. The number of nitrogens with zero attached hydrogens (tertiary/aromatic N) is 2. The first kappa shape index (κ1) is 14.7. The summed E-state index contributed by atoms with van der Waals surface area (Å²) in [5.41, 5.74) is 8.37. The molecule has 0 fully saturated rings. The second-order valence-corrected chi connectivity index (χ2v) is 6.99. The number of para-hydroxylation sites is 1. The highest BCUT2D eigenvalue weighted by Crippen LogP contribution is 2.34. The highest BCUT2D eigenvalue weighted by Gasteiger charge is 2.35. The standard InChI is InChI=1S/C23H25N2/c1-15-9-6-7-12-20(15)25-19(5)21-14-13-18(4)24(21)23(25)22-16(2)10-8-11-17(22)3/h6-14,18H,1-5H3/q+1/i18D. The van der Waals surface area contributed by atoms with E-state index in [1.807, 2.05) is 13.0 Å². The van der Waals surface area contributed by atoms with Gasteiger partial charge in [-0.1, -0.05) is 36.4 Å². The minimum absolute atomic E-state index is 0.794. The number of rotatable bonds is 2. The Labute approximate surface area is 151 Å². The monoisotopic (exact) mass is 330 g/mol. The van der Waals surface area contributed by atoms with Crippen molar-refractivity contribution in [3.05, 3.63) is 76.6 Å². The van der Waals surface area contributed by atoms with E-state index in [0.29, 0.717) is 0 Å². The molecule has 2 heterocycles. The minimum atomic E-state index is -0.794. The Morgan fingerprint density at radius 2 is 1.56 bits per heavy atom. The second-order valence-electron chi connectivity index (χ2n) is 6.99. The molecule has 1 aliphatic heterocycles. The van der Waals surface area contributed by atoms with Gasteiger partial charge in [0.05, 0.1) is 6.93 Å². The average molecular weight is 330 g/mol. The molecule has 1 atom stereocenters. The molecule has 0 radical (unpaired) electrons. The van der Waals surface area contributed by atoms with E-state index in [9.17, 15) is 0 Å². The lowest BCUT2D eigenvalue weighted by Gasteiger charge is -2.13. The van der Waals surface area contributed by atoms with Gasteiger partial charge < -0.3 is 0 Å². The maximum Gasteiger partial charge on any atom is 0.295 e. The molecule has 1 aromatic heterocycles. The van der Waals surface area contributed by atoms with E-state index in [2.05, 4.69) is 85.4 Å². The summed E-state index contributed by atoms with van der Waals surface area (Å²) < 4.78 is 13.4. The first-order valence-corrected chi connectivity index (χ1v) is 8.82. The van der Waals surface area contributed by atoms with Crippen molar-refractivity contribution in [2.45, 2.75) is 40.6 Å². The van der Waals surface area contributed by atoms with Gasteiger partial charge >= 0.3 is 0 Å². The molecule has 126 valence electrons. The topological polar surface area (TPSA) is 8.81 Å². The van der Waals surface area contributed by atoms with E-state index < -0.39 is 6.02 Å². The van der Waals surface area contributed by atoms with Crippen LogP contribution in [0.4, 0.5) is 0 Å². The Hall–Kier alpha value is -2.61. The van der Waals surface area contributed by atoms with E-state index in [1.165, 1.54) is 33.6 Å². The Bertz CT molecular complexity index is 1030. The van der Waals surface area contributed by atoms with Crippen LogP contribution in [0.15, 0.2) is 48.5 Å². The number of aromatic nitrogens is 2. The third kappa shape index (κ3) is 2.28. The fourth-order valence-corrected chi connectivity index (χ4v) is 3.98. The summed E-state index contributed by atoms with van der Waals surface area (Å²) in [5, 5.41) is 0. The fraction of sp³-hybridized carbons (Fsp3) is 0.261. The SMILES string of the molecule is [2H]C1(C)C=Cc2c(C)n(-c3ccccc3C)c(-c3c(C)cccc3C)[n+]21.